The fraction of sp³-hybridized carbons (Fsp3) is 0.286. The highest BCUT2D eigenvalue weighted by molar-refractivity contribution is 9.10. The lowest BCUT2D eigenvalue weighted by atomic mass is 10.1. The molecular formula is C14H15BrN6. The molecule has 21 heavy (non-hydrogen) atoms. The maximum absolute atomic E-state index is 4.42. The first kappa shape index (κ1) is 13.9. The van der Waals surface area contributed by atoms with Crippen LogP contribution in [0.5, 0.6) is 0 Å². The van der Waals surface area contributed by atoms with Gasteiger partial charge in [-0.2, -0.15) is 0 Å². The number of hydrogen-bond acceptors (Lipinski definition) is 5. The Kier molecular flexibility index (Phi) is 3.83. The molecule has 0 aliphatic rings. The van der Waals surface area contributed by atoms with Crippen LogP contribution in [-0.2, 0) is 7.05 Å². The number of nitrogens with one attached hydrogen (secondary N) is 1. The van der Waals surface area contributed by atoms with Crippen LogP contribution in [0.15, 0.2) is 35.3 Å². The van der Waals surface area contributed by atoms with Gasteiger partial charge in [-0.1, -0.05) is 6.92 Å². The van der Waals surface area contributed by atoms with Crippen LogP contribution in [-0.4, -0.2) is 31.3 Å². The summed E-state index contributed by atoms with van der Waals surface area (Å²) >= 11 is 3.50. The van der Waals surface area contributed by atoms with Crippen LogP contribution in [0.25, 0.3) is 10.9 Å². The number of rotatable bonds is 4. The SMILES string of the molecule is CC(CNc1ncc(Br)c2cccnc12)c1nncn1C. The largest absolute Gasteiger partial charge is 0.368 e. The van der Waals surface area contributed by atoms with E-state index in [2.05, 4.69) is 48.3 Å². The number of nitrogens with zero attached hydrogens (tertiary/aromatic N) is 5. The molecule has 0 saturated carbocycles. The molecule has 0 spiro atoms. The zero-order valence-electron chi connectivity index (χ0n) is 11.8. The average molecular weight is 347 g/mol. The molecule has 3 heterocycles. The topological polar surface area (TPSA) is 68.5 Å². The number of fused-ring (bicyclic) bond motifs is 1. The maximum atomic E-state index is 4.42. The number of anilines is 1. The molecule has 108 valence electrons. The van der Waals surface area contributed by atoms with Gasteiger partial charge >= 0.3 is 0 Å². The van der Waals surface area contributed by atoms with Gasteiger partial charge in [0.2, 0.25) is 0 Å². The predicted octanol–water partition coefficient (Wildman–Crippen LogP) is 2.74. The molecule has 1 atom stereocenters. The van der Waals surface area contributed by atoms with Crippen molar-refractivity contribution >= 4 is 32.7 Å². The van der Waals surface area contributed by atoms with E-state index in [0.717, 1.165) is 27.0 Å². The second kappa shape index (κ2) is 5.77. The molecule has 6 nitrogen and oxygen atoms in total. The number of halogens is 1. The maximum Gasteiger partial charge on any atom is 0.152 e. The van der Waals surface area contributed by atoms with E-state index < -0.39 is 0 Å². The Balaban J connectivity index is 1.83. The molecule has 0 aliphatic heterocycles. The fourth-order valence-electron chi connectivity index (χ4n) is 2.25. The second-order valence-electron chi connectivity index (χ2n) is 4.94. The lowest BCUT2D eigenvalue weighted by Gasteiger charge is -2.13. The summed E-state index contributed by atoms with van der Waals surface area (Å²) < 4.78 is 2.87. The lowest BCUT2D eigenvalue weighted by molar-refractivity contribution is 0.681. The van der Waals surface area contributed by atoms with Gasteiger partial charge in [-0.25, -0.2) is 4.98 Å². The molecule has 1 N–H and O–H groups in total. The first-order chi connectivity index (χ1) is 10.2. The van der Waals surface area contributed by atoms with Crippen LogP contribution in [0.4, 0.5) is 5.82 Å². The lowest BCUT2D eigenvalue weighted by Crippen LogP contribution is -2.14. The van der Waals surface area contributed by atoms with Crippen LogP contribution in [0.2, 0.25) is 0 Å². The molecule has 1 unspecified atom stereocenters. The van der Waals surface area contributed by atoms with Crippen LogP contribution >= 0.6 is 15.9 Å². The second-order valence-corrected chi connectivity index (χ2v) is 5.79. The molecule has 3 aromatic rings. The van der Waals surface area contributed by atoms with E-state index in [1.54, 1.807) is 18.7 Å². The van der Waals surface area contributed by atoms with E-state index in [9.17, 15) is 0 Å². The van der Waals surface area contributed by atoms with Gasteiger partial charge in [0.1, 0.15) is 17.7 Å². The number of pyridine rings is 2. The standard InChI is InChI=1S/C14H15BrN6/c1-9(14-20-19-8-21(14)2)6-17-13-12-10(4-3-5-16-12)11(15)7-18-13/h3-5,7-9H,6H2,1-2H3,(H,17,18). The third-order valence-electron chi connectivity index (χ3n) is 3.36. The van der Waals surface area contributed by atoms with Crippen LogP contribution in [0.3, 0.4) is 0 Å². The van der Waals surface area contributed by atoms with Crippen molar-refractivity contribution in [1.29, 1.82) is 0 Å². The zero-order valence-corrected chi connectivity index (χ0v) is 13.4. The summed E-state index contributed by atoms with van der Waals surface area (Å²) in [5.74, 6) is 1.95. The van der Waals surface area contributed by atoms with Crippen LogP contribution in [0.1, 0.15) is 18.7 Å². The van der Waals surface area contributed by atoms with Gasteiger partial charge in [0.25, 0.3) is 0 Å². The summed E-state index contributed by atoms with van der Waals surface area (Å²) in [4.78, 5) is 8.83. The summed E-state index contributed by atoms with van der Waals surface area (Å²) in [6.07, 6.45) is 5.27. The average Bonchev–Trinajstić information content (AvgIpc) is 2.93. The van der Waals surface area contributed by atoms with Gasteiger partial charge in [0, 0.05) is 41.8 Å². The molecule has 0 fully saturated rings. The Morgan fingerprint density at radius 2 is 2.24 bits per heavy atom. The third-order valence-corrected chi connectivity index (χ3v) is 3.99. The van der Waals surface area contributed by atoms with Gasteiger partial charge in [0.05, 0.1) is 0 Å². The molecule has 0 aromatic carbocycles. The predicted molar refractivity (Wildman–Crippen MR) is 85.1 cm³/mol. The monoisotopic (exact) mass is 346 g/mol. The van der Waals surface area contributed by atoms with Crippen LogP contribution in [0, 0.1) is 0 Å². The summed E-state index contributed by atoms with van der Waals surface area (Å²) in [5.41, 5.74) is 0.858. The summed E-state index contributed by atoms with van der Waals surface area (Å²) in [6.45, 7) is 2.82. The Labute approximate surface area is 130 Å². The van der Waals surface area contributed by atoms with Gasteiger partial charge < -0.3 is 9.88 Å². The normalized spacial score (nSPS) is 12.5. The van der Waals surface area contributed by atoms with Crippen molar-refractivity contribution in [2.75, 3.05) is 11.9 Å². The number of aromatic nitrogens is 5. The van der Waals surface area contributed by atoms with Crippen molar-refractivity contribution < 1.29 is 0 Å². The highest BCUT2D eigenvalue weighted by Gasteiger charge is 2.13. The van der Waals surface area contributed by atoms with Gasteiger partial charge in [0.15, 0.2) is 5.82 Å². The quantitative estimate of drug-likeness (QED) is 0.786. The fourth-order valence-corrected chi connectivity index (χ4v) is 2.67. The van der Waals surface area contributed by atoms with Crippen molar-refractivity contribution in [3.8, 4) is 0 Å². The van der Waals surface area contributed by atoms with E-state index in [-0.39, 0.29) is 5.92 Å². The number of hydrogen-bond donors (Lipinski definition) is 1. The summed E-state index contributed by atoms with van der Waals surface area (Å²) in [7, 11) is 1.95. The van der Waals surface area contributed by atoms with Crippen molar-refractivity contribution in [3.63, 3.8) is 0 Å². The van der Waals surface area contributed by atoms with Crippen molar-refractivity contribution in [1.82, 2.24) is 24.7 Å². The first-order valence-corrected chi connectivity index (χ1v) is 7.43. The van der Waals surface area contributed by atoms with Crippen molar-refractivity contribution in [2.45, 2.75) is 12.8 Å². The van der Waals surface area contributed by atoms with Crippen molar-refractivity contribution in [2.24, 2.45) is 7.05 Å². The Morgan fingerprint density at radius 1 is 1.38 bits per heavy atom. The minimum absolute atomic E-state index is 0.224. The summed E-state index contributed by atoms with van der Waals surface area (Å²) in [5, 5.41) is 12.4. The van der Waals surface area contributed by atoms with Gasteiger partial charge in [-0.3, -0.25) is 4.98 Å². The minimum Gasteiger partial charge on any atom is -0.368 e. The van der Waals surface area contributed by atoms with Crippen molar-refractivity contribution in [3.05, 3.63) is 41.2 Å². The molecule has 0 amide bonds. The smallest absolute Gasteiger partial charge is 0.152 e. The van der Waals surface area contributed by atoms with E-state index in [4.69, 9.17) is 0 Å². The minimum atomic E-state index is 0.224. The highest BCUT2D eigenvalue weighted by atomic mass is 79.9. The molecule has 3 rings (SSSR count). The molecule has 0 aliphatic carbocycles. The van der Waals surface area contributed by atoms with E-state index in [1.807, 2.05) is 23.7 Å². The first-order valence-electron chi connectivity index (χ1n) is 6.64. The molecule has 3 aromatic heterocycles. The van der Waals surface area contributed by atoms with E-state index >= 15 is 0 Å². The van der Waals surface area contributed by atoms with Gasteiger partial charge in [-0.05, 0) is 28.1 Å². The van der Waals surface area contributed by atoms with E-state index in [0.29, 0.717) is 6.54 Å². The molecular weight excluding hydrogens is 332 g/mol. The molecule has 7 heteroatoms. The summed E-state index contributed by atoms with van der Waals surface area (Å²) in [6, 6.07) is 3.93. The van der Waals surface area contributed by atoms with Gasteiger partial charge in [-0.15, -0.1) is 10.2 Å². The number of aryl methyl sites for hydroxylation is 1. The molecule has 0 saturated heterocycles. The molecule has 0 radical (unpaired) electrons. The van der Waals surface area contributed by atoms with E-state index in [1.165, 1.54) is 0 Å². The van der Waals surface area contributed by atoms with Crippen LogP contribution < -0.4 is 5.32 Å². The Hall–Kier alpha value is -2.02. The third kappa shape index (κ3) is 2.73. The Bertz CT molecular complexity index is 769. The molecule has 0 bridgehead atoms. The Morgan fingerprint density at radius 3 is 3.00 bits per heavy atom. The highest BCUT2D eigenvalue weighted by Crippen LogP contribution is 2.26. The zero-order chi connectivity index (χ0) is 14.8.